The molecule has 29 heavy (non-hydrogen) atoms. The summed E-state index contributed by atoms with van der Waals surface area (Å²) >= 11 is 0. The summed E-state index contributed by atoms with van der Waals surface area (Å²) in [5.41, 5.74) is 1.22. The van der Waals surface area contributed by atoms with Crippen molar-refractivity contribution in [2.24, 2.45) is 0 Å². The molecule has 7 nitrogen and oxygen atoms in total. The lowest BCUT2D eigenvalue weighted by molar-refractivity contribution is -0.138. The summed E-state index contributed by atoms with van der Waals surface area (Å²) in [5.74, 6) is -0.240. The number of carbonyl (C=O) groups is 2. The Labute approximate surface area is 167 Å². The van der Waals surface area contributed by atoms with Crippen LogP contribution in [-0.4, -0.2) is 40.4 Å². The van der Waals surface area contributed by atoms with Gasteiger partial charge in [0, 0.05) is 32.6 Å². The minimum Gasteiger partial charge on any atom is -0.444 e. The maximum Gasteiger partial charge on any atom is 0.339 e. The topological polar surface area (TPSA) is 81.5 Å². The number of aromatic nitrogens is 2. The van der Waals surface area contributed by atoms with E-state index in [2.05, 4.69) is 4.98 Å². The van der Waals surface area contributed by atoms with Crippen molar-refractivity contribution in [2.45, 2.75) is 25.5 Å². The quantitative estimate of drug-likeness (QED) is 0.638. The number of hydrogen-bond donors (Lipinski definition) is 0. The predicted molar refractivity (Wildman–Crippen MR) is 108 cm³/mol. The minimum atomic E-state index is -1.05. The van der Waals surface area contributed by atoms with Gasteiger partial charge >= 0.3 is 5.97 Å². The van der Waals surface area contributed by atoms with Crippen molar-refractivity contribution < 1.29 is 14.3 Å². The maximum absolute atomic E-state index is 12.8. The third-order valence-electron chi connectivity index (χ3n) is 5.04. The Morgan fingerprint density at radius 2 is 1.90 bits per heavy atom. The number of esters is 1. The zero-order chi connectivity index (χ0) is 20.5. The fraction of sp³-hybridized carbons (Fsp3) is 0.273. The normalized spacial score (nSPS) is 13.7. The van der Waals surface area contributed by atoms with Crippen LogP contribution in [0.1, 0.15) is 34.3 Å². The lowest BCUT2D eigenvalue weighted by Gasteiger charge is -2.21. The van der Waals surface area contributed by atoms with Crippen molar-refractivity contribution in [3.05, 3.63) is 75.8 Å². The van der Waals surface area contributed by atoms with Crippen LogP contribution in [0, 0.1) is 0 Å². The van der Waals surface area contributed by atoms with E-state index in [4.69, 9.17) is 4.74 Å². The fourth-order valence-electron chi connectivity index (χ4n) is 3.51. The second kappa shape index (κ2) is 7.50. The van der Waals surface area contributed by atoms with Gasteiger partial charge in [0.25, 0.3) is 11.5 Å². The minimum absolute atomic E-state index is 0.0904. The Morgan fingerprint density at radius 3 is 2.62 bits per heavy atom. The number of carbonyl (C=O) groups excluding carboxylic acids is 2. The monoisotopic (exact) mass is 391 g/mol. The first-order valence-electron chi connectivity index (χ1n) is 9.46. The van der Waals surface area contributed by atoms with Gasteiger partial charge in [0.15, 0.2) is 0 Å². The van der Waals surface area contributed by atoms with Crippen LogP contribution in [0.15, 0.2) is 53.3 Å². The Hall–Kier alpha value is -3.48. The Balaban J connectivity index is 1.68. The van der Waals surface area contributed by atoms with Crippen LogP contribution in [0.25, 0.3) is 10.9 Å². The maximum atomic E-state index is 12.8. The van der Waals surface area contributed by atoms with E-state index in [9.17, 15) is 14.4 Å². The Morgan fingerprint density at radius 1 is 1.14 bits per heavy atom. The number of rotatable bonds is 4. The summed E-state index contributed by atoms with van der Waals surface area (Å²) in [5, 5.41) is 0.469. The molecule has 7 heteroatoms. The number of amides is 1. The van der Waals surface area contributed by atoms with Gasteiger partial charge in [0.2, 0.25) is 6.10 Å². The van der Waals surface area contributed by atoms with Crippen molar-refractivity contribution in [3.8, 4) is 0 Å². The first kappa shape index (κ1) is 18.9. The summed E-state index contributed by atoms with van der Waals surface area (Å²) in [6, 6.07) is 13.6. The molecule has 1 amide bonds. The number of aryl methyl sites for hydroxylation is 1. The molecule has 0 aliphatic carbocycles. The van der Waals surface area contributed by atoms with Crippen molar-refractivity contribution in [3.63, 3.8) is 0 Å². The van der Waals surface area contributed by atoms with Crippen LogP contribution in [0.5, 0.6) is 0 Å². The molecular formula is C22H21N3O4. The van der Waals surface area contributed by atoms with E-state index in [1.54, 1.807) is 55.1 Å². The van der Waals surface area contributed by atoms with Gasteiger partial charge in [-0.2, -0.15) is 0 Å². The van der Waals surface area contributed by atoms with Crippen LogP contribution in [-0.2, 0) is 22.5 Å². The number of likely N-dealkylation sites (N-methyl/N-ethyl adjacent to an activating group) is 1. The summed E-state index contributed by atoms with van der Waals surface area (Å²) in [7, 11) is 3.22. The summed E-state index contributed by atoms with van der Waals surface area (Å²) in [4.78, 5) is 43.9. The zero-order valence-electron chi connectivity index (χ0n) is 16.3. The molecule has 0 N–H and O–H groups in total. The second-order valence-electron chi connectivity index (χ2n) is 7.25. The number of nitrogens with zero attached hydrogens (tertiary/aromatic N) is 3. The van der Waals surface area contributed by atoms with Gasteiger partial charge in [-0.25, -0.2) is 9.78 Å². The van der Waals surface area contributed by atoms with Crippen molar-refractivity contribution in [2.75, 3.05) is 14.1 Å². The molecule has 148 valence electrons. The summed E-state index contributed by atoms with van der Waals surface area (Å²) in [6.45, 7) is 0.673. The second-order valence-corrected chi connectivity index (χ2v) is 7.25. The van der Waals surface area contributed by atoms with E-state index >= 15 is 0 Å². The highest BCUT2D eigenvalue weighted by Gasteiger charge is 2.27. The molecule has 4 rings (SSSR count). The standard InChI is InChI=1S/C22H21N3O4/c1-24(2)21(27)19(14-7-4-3-5-8-14)29-22(28)15-10-11-16-17(13-15)23-18-9-6-12-25(18)20(16)26/h3-5,7-8,10-11,13,19H,6,9,12H2,1-2H3/t19-/m1/s1. The lowest BCUT2D eigenvalue weighted by Crippen LogP contribution is -2.31. The molecule has 1 atom stereocenters. The van der Waals surface area contributed by atoms with Crippen molar-refractivity contribution in [1.29, 1.82) is 0 Å². The van der Waals surface area contributed by atoms with Crippen molar-refractivity contribution >= 4 is 22.8 Å². The molecule has 0 spiro atoms. The van der Waals surface area contributed by atoms with E-state index in [1.165, 1.54) is 11.0 Å². The molecule has 0 fully saturated rings. The molecule has 3 aromatic rings. The smallest absolute Gasteiger partial charge is 0.339 e. The summed E-state index contributed by atoms with van der Waals surface area (Å²) < 4.78 is 7.26. The van der Waals surface area contributed by atoms with Gasteiger partial charge in [-0.3, -0.25) is 14.2 Å². The molecule has 1 aromatic heterocycles. The molecule has 0 radical (unpaired) electrons. The first-order chi connectivity index (χ1) is 14.0. The number of hydrogen-bond acceptors (Lipinski definition) is 5. The van der Waals surface area contributed by atoms with Crippen molar-refractivity contribution in [1.82, 2.24) is 14.5 Å². The highest BCUT2D eigenvalue weighted by Crippen LogP contribution is 2.22. The molecule has 0 unspecified atom stereocenters. The van der Waals surface area contributed by atoms with Crippen LogP contribution in [0.4, 0.5) is 0 Å². The van der Waals surface area contributed by atoms with E-state index in [-0.39, 0.29) is 17.0 Å². The van der Waals surface area contributed by atoms with Gasteiger partial charge in [0.05, 0.1) is 16.5 Å². The molecular weight excluding hydrogens is 370 g/mol. The summed E-state index contributed by atoms with van der Waals surface area (Å²) in [6.07, 6.45) is 0.583. The molecule has 0 bridgehead atoms. The van der Waals surface area contributed by atoms with E-state index in [0.717, 1.165) is 18.7 Å². The Bertz CT molecular complexity index is 1150. The van der Waals surface area contributed by atoms with Gasteiger partial charge in [0.1, 0.15) is 5.82 Å². The van der Waals surface area contributed by atoms with Gasteiger partial charge in [-0.15, -0.1) is 0 Å². The molecule has 2 aromatic carbocycles. The lowest BCUT2D eigenvalue weighted by atomic mass is 10.1. The zero-order valence-corrected chi connectivity index (χ0v) is 16.3. The molecule has 1 aliphatic rings. The third-order valence-corrected chi connectivity index (χ3v) is 5.04. The third kappa shape index (κ3) is 3.51. The van der Waals surface area contributed by atoms with Crippen LogP contribution in [0.3, 0.4) is 0 Å². The highest BCUT2D eigenvalue weighted by atomic mass is 16.5. The molecule has 1 aliphatic heterocycles. The molecule has 2 heterocycles. The van der Waals surface area contributed by atoms with Gasteiger partial charge in [-0.1, -0.05) is 30.3 Å². The molecule has 0 saturated heterocycles. The fourth-order valence-corrected chi connectivity index (χ4v) is 3.51. The SMILES string of the molecule is CN(C)C(=O)[C@H](OC(=O)c1ccc2c(=O)n3c(nc2c1)CCC3)c1ccccc1. The number of benzene rings is 2. The largest absolute Gasteiger partial charge is 0.444 e. The van der Waals surface area contributed by atoms with Crippen LogP contribution in [0.2, 0.25) is 0 Å². The van der Waals surface area contributed by atoms with Crippen LogP contribution >= 0.6 is 0 Å². The number of ether oxygens (including phenoxy) is 1. The van der Waals surface area contributed by atoms with E-state index in [0.29, 0.717) is 23.0 Å². The highest BCUT2D eigenvalue weighted by molar-refractivity contribution is 5.96. The first-order valence-corrected chi connectivity index (χ1v) is 9.46. The van der Waals surface area contributed by atoms with Crippen LogP contribution < -0.4 is 5.56 Å². The average molecular weight is 391 g/mol. The van der Waals surface area contributed by atoms with E-state index in [1.807, 2.05) is 6.07 Å². The number of fused-ring (bicyclic) bond motifs is 2. The van der Waals surface area contributed by atoms with Gasteiger partial charge in [-0.05, 0) is 24.6 Å². The van der Waals surface area contributed by atoms with E-state index < -0.39 is 12.1 Å². The predicted octanol–water partition coefficient (Wildman–Crippen LogP) is 2.33. The van der Waals surface area contributed by atoms with Gasteiger partial charge < -0.3 is 9.64 Å². The Kier molecular flexibility index (Phi) is 4.88. The molecule has 0 saturated carbocycles. The average Bonchev–Trinajstić information content (AvgIpc) is 3.20.